The quantitative estimate of drug-likeness (QED) is 0.466. The Morgan fingerprint density at radius 2 is 1.11 bits per heavy atom. The fraction of sp³-hybridized carbons (Fsp3) is 1.00. The number of aliphatic hydroxyl groups is 2. The topological polar surface area (TPSA) is 40.5 Å². The Bertz CT molecular complexity index is 158. The van der Waals surface area contributed by atoms with Crippen molar-refractivity contribution >= 4 is 11.8 Å². The maximum absolute atomic E-state index is 9.80. The average Bonchev–Trinajstić information content (AvgIpc) is 2.40. The highest BCUT2D eigenvalue weighted by atomic mass is 32.2. The molecule has 0 aromatic carbocycles. The molecule has 0 heterocycles. The number of hydrogen-bond donors (Lipinski definition) is 2. The molecule has 116 valence electrons. The van der Waals surface area contributed by atoms with Crippen LogP contribution in [0.5, 0.6) is 0 Å². The first-order valence-electron chi connectivity index (χ1n) is 8.14. The zero-order valence-electron chi connectivity index (χ0n) is 12.9. The van der Waals surface area contributed by atoms with Gasteiger partial charge in [0, 0.05) is 11.5 Å². The van der Waals surface area contributed by atoms with Gasteiger partial charge in [-0.15, -0.1) is 0 Å². The summed E-state index contributed by atoms with van der Waals surface area (Å²) in [6, 6.07) is 0. The third-order valence-corrected chi connectivity index (χ3v) is 4.64. The van der Waals surface area contributed by atoms with E-state index in [1.54, 1.807) is 11.8 Å². The molecule has 0 radical (unpaired) electrons. The summed E-state index contributed by atoms with van der Waals surface area (Å²) in [5.41, 5.74) is 0. The van der Waals surface area contributed by atoms with Crippen LogP contribution in [0, 0.1) is 0 Å². The van der Waals surface area contributed by atoms with Gasteiger partial charge in [-0.25, -0.2) is 0 Å². The van der Waals surface area contributed by atoms with Crippen LogP contribution in [0.25, 0.3) is 0 Å². The van der Waals surface area contributed by atoms with E-state index in [2.05, 4.69) is 13.8 Å². The van der Waals surface area contributed by atoms with Gasteiger partial charge in [-0.05, 0) is 12.8 Å². The van der Waals surface area contributed by atoms with Crippen LogP contribution in [-0.2, 0) is 0 Å². The monoisotopic (exact) mass is 290 g/mol. The zero-order valence-corrected chi connectivity index (χ0v) is 13.8. The van der Waals surface area contributed by atoms with Crippen molar-refractivity contribution in [1.82, 2.24) is 0 Å². The molecular formula is C16H34O2S. The first kappa shape index (κ1) is 19.3. The number of rotatable bonds is 14. The Morgan fingerprint density at radius 1 is 0.684 bits per heavy atom. The fourth-order valence-corrected chi connectivity index (χ4v) is 3.13. The van der Waals surface area contributed by atoms with Gasteiger partial charge in [0.1, 0.15) is 0 Å². The highest BCUT2D eigenvalue weighted by Crippen LogP contribution is 2.14. The van der Waals surface area contributed by atoms with Gasteiger partial charge in [-0.3, -0.25) is 0 Å². The van der Waals surface area contributed by atoms with E-state index in [0.717, 1.165) is 37.2 Å². The van der Waals surface area contributed by atoms with Crippen molar-refractivity contribution in [3.05, 3.63) is 0 Å². The molecule has 0 spiro atoms. The molecule has 0 saturated carbocycles. The summed E-state index contributed by atoms with van der Waals surface area (Å²) < 4.78 is 0. The Morgan fingerprint density at radius 3 is 1.47 bits per heavy atom. The molecule has 0 saturated heterocycles. The molecule has 19 heavy (non-hydrogen) atoms. The standard InChI is InChI=1S/C16H34O2S/c1-3-5-7-9-11-15(17)13-19-14-16(18)12-10-8-6-4-2/h15-18H,3-14H2,1-2H3. The normalized spacial score (nSPS) is 14.5. The van der Waals surface area contributed by atoms with Gasteiger partial charge < -0.3 is 10.2 Å². The van der Waals surface area contributed by atoms with Gasteiger partial charge in [-0.1, -0.05) is 65.2 Å². The van der Waals surface area contributed by atoms with Crippen LogP contribution in [0.15, 0.2) is 0 Å². The Labute approximate surface area is 124 Å². The number of unbranched alkanes of at least 4 members (excludes halogenated alkanes) is 6. The molecule has 0 bridgehead atoms. The molecule has 0 amide bonds. The van der Waals surface area contributed by atoms with Crippen LogP contribution < -0.4 is 0 Å². The van der Waals surface area contributed by atoms with E-state index in [0.29, 0.717) is 0 Å². The van der Waals surface area contributed by atoms with E-state index in [-0.39, 0.29) is 12.2 Å². The molecule has 2 N–H and O–H groups in total. The van der Waals surface area contributed by atoms with Gasteiger partial charge in [0.05, 0.1) is 12.2 Å². The van der Waals surface area contributed by atoms with Gasteiger partial charge in [0.15, 0.2) is 0 Å². The maximum Gasteiger partial charge on any atom is 0.0630 e. The van der Waals surface area contributed by atoms with Crippen LogP contribution >= 0.6 is 11.8 Å². The number of thioether (sulfide) groups is 1. The van der Waals surface area contributed by atoms with E-state index in [1.807, 2.05) is 0 Å². The largest absolute Gasteiger partial charge is 0.392 e. The lowest BCUT2D eigenvalue weighted by Gasteiger charge is -2.13. The summed E-state index contributed by atoms with van der Waals surface area (Å²) in [5, 5.41) is 19.6. The predicted octanol–water partition coefficient (Wildman–Crippen LogP) is 4.38. The molecule has 0 fully saturated rings. The molecule has 3 heteroatoms. The van der Waals surface area contributed by atoms with Crippen molar-refractivity contribution in [2.75, 3.05) is 11.5 Å². The second-order valence-corrected chi connectivity index (χ2v) is 6.62. The van der Waals surface area contributed by atoms with Gasteiger partial charge in [0.25, 0.3) is 0 Å². The summed E-state index contributed by atoms with van der Waals surface area (Å²) >= 11 is 1.70. The van der Waals surface area contributed by atoms with E-state index < -0.39 is 0 Å². The van der Waals surface area contributed by atoms with Crippen LogP contribution in [-0.4, -0.2) is 33.9 Å². The van der Waals surface area contributed by atoms with E-state index in [1.165, 1.54) is 38.5 Å². The third kappa shape index (κ3) is 14.5. The summed E-state index contributed by atoms with van der Waals surface area (Å²) in [6.45, 7) is 4.41. The molecule has 2 unspecified atom stereocenters. The molecule has 0 rings (SSSR count). The highest BCUT2D eigenvalue weighted by Gasteiger charge is 2.07. The van der Waals surface area contributed by atoms with Crippen LogP contribution in [0.2, 0.25) is 0 Å². The molecule has 0 aromatic rings. The van der Waals surface area contributed by atoms with Crippen molar-refractivity contribution in [2.45, 2.75) is 90.3 Å². The molecule has 0 aliphatic carbocycles. The molecule has 2 atom stereocenters. The van der Waals surface area contributed by atoms with Crippen LogP contribution in [0.3, 0.4) is 0 Å². The van der Waals surface area contributed by atoms with Gasteiger partial charge >= 0.3 is 0 Å². The lowest BCUT2D eigenvalue weighted by molar-refractivity contribution is 0.180. The average molecular weight is 291 g/mol. The maximum atomic E-state index is 9.80. The fourth-order valence-electron chi connectivity index (χ4n) is 2.12. The first-order valence-corrected chi connectivity index (χ1v) is 9.30. The molecule has 0 aromatic heterocycles. The Balaban J connectivity index is 3.30. The van der Waals surface area contributed by atoms with Gasteiger partial charge in [-0.2, -0.15) is 11.8 Å². The second-order valence-electron chi connectivity index (χ2n) is 5.54. The molecule has 0 aliphatic heterocycles. The zero-order chi connectivity index (χ0) is 14.3. The van der Waals surface area contributed by atoms with Crippen LogP contribution in [0.1, 0.15) is 78.1 Å². The number of hydrogen-bond acceptors (Lipinski definition) is 3. The lowest BCUT2D eigenvalue weighted by Crippen LogP contribution is -2.14. The third-order valence-electron chi connectivity index (χ3n) is 3.40. The molecular weight excluding hydrogens is 256 g/mol. The molecule has 0 aliphatic rings. The summed E-state index contributed by atoms with van der Waals surface area (Å²) in [6.07, 6.45) is 11.2. The Hall–Kier alpha value is 0.270. The summed E-state index contributed by atoms with van der Waals surface area (Å²) in [5.74, 6) is 1.55. The molecule has 2 nitrogen and oxygen atoms in total. The van der Waals surface area contributed by atoms with Crippen molar-refractivity contribution in [1.29, 1.82) is 0 Å². The smallest absolute Gasteiger partial charge is 0.0630 e. The van der Waals surface area contributed by atoms with Crippen molar-refractivity contribution in [3.8, 4) is 0 Å². The minimum atomic E-state index is -0.186. The lowest BCUT2D eigenvalue weighted by atomic mass is 10.1. The van der Waals surface area contributed by atoms with E-state index in [4.69, 9.17) is 0 Å². The van der Waals surface area contributed by atoms with Crippen LogP contribution in [0.4, 0.5) is 0 Å². The number of aliphatic hydroxyl groups excluding tert-OH is 2. The second kappa shape index (κ2) is 14.7. The highest BCUT2D eigenvalue weighted by molar-refractivity contribution is 7.99. The van der Waals surface area contributed by atoms with Crippen molar-refractivity contribution in [3.63, 3.8) is 0 Å². The minimum Gasteiger partial charge on any atom is -0.392 e. The Kier molecular flexibility index (Phi) is 14.9. The summed E-state index contributed by atoms with van der Waals surface area (Å²) in [4.78, 5) is 0. The summed E-state index contributed by atoms with van der Waals surface area (Å²) in [7, 11) is 0. The van der Waals surface area contributed by atoms with Gasteiger partial charge in [0.2, 0.25) is 0 Å². The van der Waals surface area contributed by atoms with Crippen molar-refractivity contribution in [2.24, 2.45) is 0 Å². The van der Waals surface area contributed by atoms with E-state index in [9.17, 15) is 10.2 Å². The predicted molar refractivity (Wildman–Crippen MR) is 86.9 cm³/mol. The SMILES string of the molecule is CCCCCCC(O)CSCC(O)CCCCCC. The van der Waals surface area contributed by atoms with E-state index >= 15 is 0 Å². The van der Waals surface area contributed by atoms with Crippen molar-refractivity contribution < 1.29 is 10.2 Å². The minimum absolute atomic E-state index is 0.186. The first-order chi connectivity index (χ1) is 9.20.